The van der Waals surface area contributed by atoms with Crippen LogP contribution in [0.4, 0.5) is 0 Å². The predicted octanol–water partition coefficient (Wildman–Crippen LogP) is 1.51. The van der Waals surface area contributed by atoms with Crippen molar-refractivity contribution in [1.82, 2.24) is 10.2 Å². The van der Waals surface area contributed by atoms with Gasteiger partial charge in [-0.25, -0.2) is 0 Å². The highest BCUT2D eigenvalue weighted by molar-refractivity contribution is 4.93. The zero-order valence-corrected chi connectivity index (χ0v) is 9.41. The van der Waals surface area contributed by atoms with E-state index in [2.05, 4.69) is 16.3 Å². The molecule has 84 valence electrons. The molecule has 3 heteroatoms. The van der Waals surface area contributed by atoms with Crippen LogP contribution in [0.2, 0.25) is 0 Å². The molecule has 15 heavy (non-hydrogen) atoms. The number of unbranched alkanes of at least 4 members (excludes halogenated alkanes) is 1. The van der Waals surface area contributed by atoms with E-state index in [1.165, 1.54) is 38.8 Å². The molecule has 2 fully saturated rings. The van der Waals surface area contributed by atoms with Gasteiger partial charge in [-0.2, -0.15) is 5.26 Å². The number of fused-ring (bicyclic) bond motifs is 1. The molecule has 0 aromatic rings. The Morgan fingerprint density at radius 3 is 3.07 bits per heavy atom. The molecule has 2 aliphatic rings. The quantitative estimate of drug-likeness (QED) is 0.710. The Kier molecular flexibility index (Phi) is 3.99. The lowest BCUT2D eigenvalue weighted by molar-refractivity contribution is 0.180. The van der Waals surface area contributed by atoms with Crippen molar-refractivity contribution in [2.75, 3.05) is 19.6 Å². The Bertz CT molecular complexity index is 234. The maximum Gasteiger partial charge on any atom is 0.0622 e. The van der Waals surface area contributed by atoms with Crippen molar-refractivity contribution in [2.45, 2.75) is 50.6 Å². The highest BCUT2D eigenvalue weighted by Crippen LogP contribution is 2.26. The Morgan fingerprint density at radius 1 is 1.27 bits per heavy atom. The summed E-state index contributed by atoms with van der Waals surface area (Å²) < 4.78 is 0. The Labute approximate surface area is 92.4 Å². The zero-order chi connectivity index (χ0) is 10.5. The van der Waals surface area contributed by atoms with E-state index in [0.717, 1.165) is 19.0 Å². The molecule has 0 amide bonds. The van der Waals surface area contributed by atoms with Crippen molar-refractivity contribution in [3.8, 4) is 6.07 Å². The van der Waals surface area contributed by atoms with Crippen molar-refractivity contribution in [2.24, 2.45) is 0 Å². The van der Waals surface area contributed by atoms with Crippen LogP contribution in [0.3, 0.4) is 0 Å². The smallest absolute Gasteiger partial charge is 0.0622 e. The summed E-state index contributed by atoms with van der Waals surface area (Å²) in [7, 11) is 0. The molecule has 0 aliphatic carbocycles. The summed E-state index contributed by atoms with van der Waals surface area (Å²) in [5.74, 6) is 0. The molecule has 2 aliphatic heterocycles. The molecule has 1 N–H and O–H groups in total. The summed E-state index contributed by atoms with van der Waals surface area (Å²) in [6, 6.07) is 3.69. The van der Waals surface area contributed by atoms with Gasteiger partial charge in [0.15, 0.2) is 0 Å². The molecular formula is C12H21N3. The van der Waals surface area contributed by atoms with Crippen LogP contribution in [0.5, 0.6) is 0 Å². The molecule has 0 aromatic heterocycles. The standard InChI is InChI=1S/C12H21N3/c13-7-2-3-8-14-11-6-10-15-9-4-1-5-12(11)15/h11-12,14H,1-6,8-10H2. The summed E-state index contributed by atoms with van der Waals surface area (Å²) in [6.45, 7) is 3.60. The van der Waals surface area contributed by atoms with Crippen LogP contribution in [0, 0.1) is 11.3 Å². The molecule has 2 rings (SSSR count). The summed E-state index contributed by atoms with van der Waals surface area (Å²) in [5, 5.41) is 12.1. The number of rotatable bonds is 4. The third-order valence-corrected chi connectivity index (χ3v) is 3.73. The summed E-state index contributed by atoms with van der Waals surface area (Å²) in [6.07, 6.45) is 7.15. The average molecular weight is 207 g/mol. The molecule has 2 atom stereocenters. The third kappa shape index (κ3) is 2.70. The van der Waals surface area contributed by atoms with E-state index in [0.29, 0.717) is 12.5 Å². The zero-order valence-electron chi connectivity index (χ0n) is 9.41. The average Bonchev–Trinajstić information content (AvgIpc) is 2.68. The Hall–Kier alpha value is -0.590. The first-order valence-corrected chi connectivity index (χ1v) is 6.26. The molecule has 2 heterocycles. The predicted molar refractivity (Wildman–Crippen MR) is 60.5 cm³/mol. The first kappa shape index (κ1) is 10.9. The van der Waals surface area contributed by atoms with Gasteiger partial charge in [-0.3, -0.25) is 4.90 Å². The van der Waals surface area contributed by atoms with Crippen molar-refractivity contribution >= 4 is 0 Å². The normalized spacial score (nSPS) is 31.1. The van der Waals surface area contributed by atoms with E-state index in [1.807, 2.05) is 0 Å². The van der Waals surface area contributed by atoms with Crippen LogP contribution in [0.15, 0.2) is 0 Å². The Balaban J connectivity index is 1.71. The van der Waals surface area contributed by atoms with Crippen LogP contribution in [0.25, 0.3) is 0 Å². The van der Waals surface area contributed by atoms with Crippen LogP contribution >= 0.6 is 0 Å². The van der Waals surface area contributed by atoms with Crippen LogP contribution in [0.1, 0.15) is 38.5 Å². The third-order valence-electron chi connectivity index (χ3n) is 3.73. The summed E-state index contributed by atoms with van der Waals surface area (Å²) in [4.78, 5) is 2.64. The van der Waals surface area contributed by atoms with E-state index >= 15 is 0 Å². The first-order chi connectivity index (χ1) is 7.42. The van der Waals surface area contributed by atoms with Gasteiger partial charge in [0.2, 0.25) is 0 Å². The first-order valence-electron chi connectivity index (χ1n) is 6.26. The van der Waals surface area contributed by atoms with Gasteiger partial charge < -0.3 is 5.32 Å². The van der Waals surface area contributed by atoms with Gasteiger partial charge in [0.1, 0.15) is 0 Å². The monoisotopic (exact) mass is 207 g/mol. The minimum Gasteiger partial charge on any atom is -0.312 e. The van der Waals surface area contributed by atoms with Crippen molar-refractivity contribution in [3.05, 3.63) is 0 Å². The molecule has 0 saturated carbocycles. The number of nitriles is 1. The maximum atomic E-state index is 8.46. The van der Waals surface area contributed by atoms with Crippen molar-refractivity contribution < 1.29 is 0 Å². The fourth-order valence-electron chi connectivity index (χ4n) is 2.94. The van der Waals surface area contributed by atoms with E-state index in [4.69, 9.17) is 5.26 Å². The SMILES string of the molecule is N#CCCCNC1CCN2CCCCC12. The number of hydrogen-bond donors (Lipinski definition) is 1. The lowest BCUT2D eigenvalue weighted by Crippen LogP contribution is -2.45. The van der Waals surface area contributed by atoms with Gasteiger partial charge in [0.25, 0.3) is 0 Å². The second-order valence-electron chi connectivity index (χ2n) is 4.71. The van der Waals surface area contributed by atoms with Gasteiger partial charge >= 0.3 is 0 Å². The molecule has 2 saturated heterocycles. The number of nitrogens with zero attached hydrogens (tertiary/aromatic N) is 2. The van der Waals surface area contributed by atoms with Gasteiger partial charge in [-0.05, 0) is 38.8 Å². The summed E-state index contributed by atoms with van der Waals surface area (Å²) in [5.41, 5.74) is 0. The lowest BCUT2D eigenvalue weighted by atomic mass is 9.99. The highest BCUT2D eigenvalue weighted by Gasteiger charge is 2.34. The highest BCUT2D eigenvalue weighted by atomic mass is 15.2. The second-order valence-corrected chi connectivity index (χ2v) is 4.71. The minimum absolute atomic E-state index is 0.689. The minimum atomic E-state index is 0.689. The fourth-order valence-corrected chi connectivity index (χ4v) is 2.94. The second kappa shape index (κ2) is 5.48. The van der Waals surface area contributed by atoms with E-state index < -0.39 is 0 Å². The number of piperidine rings is 1. The molecule has 0 radical (unpaired) electrons. The molecule has 3 nitrogen and oxygen atoms in total. The van der Waals surface area contributed by atoms with Gasteiger partial charge in [0.05, 0.1) is 6.07 Å². The van der Waals surface area contributed by atoms with Crippen molar-refractivity contribution in [1.29, 1.82) is 5.26 Å². The van der Waals surface area contributed by atoms with E-state index in [-0.39, 0.29) is 0 Å². The maximum absolute atomic E-state index is 8.46. The fraction of sp³-hybridized carbons (Fsp3) is 0.917. The largest absolute Gasteiger partial charge is 0.312 e. The van der Waals surface area contributed by atoms with Gasteiger partial charge in [0, 0.05) is 25.0 Å². The van der Waals surface area contributed by atoms with Crippen molar-refractivity contribution in [3.63, 3.8) is 0 Å². The Morgan fingerprint density at radius 2 is 2.20 bits per heavy atom. The molecule has 2 unspecified atom stereocenters. The van der Waals surface area contributed by atoms with E-state index in [1.54, 1.807) is 0 Å². The van der Waals surface area contributed by atoms with Crippen LogP contribution < -0.4 is 5.32 Å². The van der Waals surface area contributed by atoms with Gasteiger partial charge in [-0.15, -0.1) is 0 Å². The van der Waals surface area contributed by atoms with Crippen LogP contribution in [-0.2, 0) is 0 Å². The van der Waals surface area contributed by atoms with E-state index in [9.17, 15) is 0 Å². The molecule has 0 aromatic carbocycles. The lowest BCUT2D eigenvalue weighted by Gasteiger charge is -2.32. The topological polar surface area (TPSA) is 39.1 Å². The number of nitrogens with one attached hydrogen (secondary N) is 1. The molecular weight excluding hydrogens is 186 g/mol. The molecule has 0 spiro atoms. The van der Waals surface area contributed by atoms with Gasteiger partial charge in [-0.1, -0.05) is 6.42 Å². The van der Waals surface area contributed by atoms with Crippen LogP contribution in [-0.4, -0.2) is 36.6 Å². The summed E-state index contributed by atoms with van der Waals surface area (Å²) >= 11 is 0. The number of hydrogen-bond acceptors (Lipinski definition) is 3. The molecule has 0 bridgehead atoms.